The predicted molar refractivity (Wildman–Crippen MR) is 103 cm³/mol. The molecule has 0 atom stereocenters. The Balaban J connectivity index is 1.91. The fraction of sp³-hybridized carbons (Fsp3) is 0.111. The highest BCUT2D eigenvalue weighted by Crippen LogP contribution is 2.21. The van der Waals surface area contributed by atoms with Crippen molar-refractivity contribution in [3.05, 3.63) is 71.4 Å². The smallest absolute Gasteiger partial charge is 0.201 e. The summed E-state index contributed by atoms with van der Waals surface area (Å²) >= 11 is 4.90. The van der Waals surface area contributed by atoms with Crippen LogP contribution < -0.4 is 16.7 Å². The van der Waals surface area contributed by atoms with Crippen molar-refractivity contribution in [3.63, 3.8) is 0 Å². The van der Waals surface area contributed by atoms with Gasteiger partial charge in [0.25, 0.3) is 0 Å². The van der Waals surface area contributed by atoms with Crippen LogP contribution in [0.1, 0.15) is 16.7 Å². The number of hydrazone groups is 1. The number of para-hydroxylation sites is 1. The third-order valence-corrected chi connectivity index (χ3v) is 4.00. The van der Waals surface area contributed by atoms with Gasteiger partial charge < -0.3 is 4.57 Å². The number of hydrazine groups is 1. The maximum absolute atomic E-state index is 5.21. The fourth-order valence-corrected chi connectivity index (χ4v) is 2.64. The van der Waals surface area contributed by atoms with E-state index in [0.29, 0.717) is 0 Å². The molecule has 3 rings (SSSR count). The summed E-state index contributed by atoms with van der Waals surface area (Å²) in [4.78, 5) is 0. The molecule has 0 fully saturated rings. The molecule has 0 unspecified atom stereocenters. The predicted octanol–water partition coefficient (Wildman–Crippen LogP) is 2.67. The third-order valence-electron chi connectivity index (χ3n) is 3.79. The summed E-state index contributed by atoms with van der Waals surface area (Å²) in [5.41, 5.74) is 9.71. The van der Waals surface area contributed by atoms with Gasteiger partial charge in [0, 0.05) is 29.2 Å². The first kappa shape index (κ1) is 16.2. The highest BCUT2D eigenvalue weighted by Gasteiger charge is 2.07. The van der Waals surface area contributed by atoms with E-state index < -0.39 is 0 Å². The van der Waals surface area contributed by atoms with Crippen molar-refractivity contribution < 1.29 is 0 Å². The van der Waals surface area contributed by atoms with Crippen molar-refractivity contribution in [1.29, 1.82) is 0 Å². The van der Waals surface area contributed by atoms with Crippen LogP contribution in [0.4, 0.5) is 0 Å². The summed E-state index contributed by atoms with van der Waals surface area (Å²) in [7, 11) is 0. The van der Waals surface area contributed by atoms with Gasteiger partial charge in [-0.15, -0.1) is 0 Å². The topological polar surface area (TPSA) is 67.4 Å². The normalized spacial score (nSPS) is 11.1. The van der Waals surface area contributed by atoms with Gasteiger partial charge in [0.05, 0.1) is 6.21 Å². The largest absolute Gasteiger partial charge is 0.342 e. The number of hydrogen-bond acceptors (Lipinski definition) is 3. The monoisotopic (exact) mass is 337 g/mol. The summed E-state index contributed by atoms with van der Waals surface area (Å²) < 4.78 is 2.22. The molecule has 1 heterocycles. The highest BCUT2D eigenvalue weighted by molar-refractivity contribution is 7.80. The van der Waals surface area contributed by atoms with E-state index in [1.807, 2.05) is 12.1 Å². The van der Waals surface area contributed by atoms with E-state index in [0.717, 1.165) is 17.5 Å². The van der Waals surface area contributed by atoms with Crippen LogP contribution in [0.15, 0.2) is 59.8 Å². The molecule has 4 N–H and O–H groups in total. The van der Waals surface area contributed by atoms with Gasteiger partial charge >= 0.3 is 0 Å². The van der Waals surface area contributed by atoms with Crippen molar-refractivity contribution in [2.24, 2.45) is 10.9 Å². The molecule has 3 aromatic rings. The van der Waals surface area contributed by atoms with Gasteiger partial charge in [-0.25, -0.2) is 5.84 Å². The molecule has 0 saturated carbocycles. The maximum atomic E-state index is 5.21. The minimum Gasteiger partial charge on any atom is -0.342 e. The lowest BCUT2D eigenvalue weighted by Gasteiger charge is -2.06. The van der Waals surface area contributed by atoms with E-state index >= 15 is 0 Å². The molecule has 2 aromatic carbocycles. The fourth-order valence-electron chi connectivity index (χ4n) is 2.59. The summed E-state index contributed by atoms with van der Waals surface area (Å²) in [5.74, 6) is 5.21. The summed E-state index contributed by atoms with van der Waals surface area (Å²) in [6.07, 6.45) is 3.84. The Bertz CT molecular complexity index is 880. The number of benzene rings is 2. The molecule has 24 heavy (non-hydrogen) atoms. The van der Waals surface area contributed by atoms with Gasteiger partial charge in [0.2, 0.25) is 5.11 Å². The van der Waals surface area contributed by atoms with Crippen LogP contribution in [0, 0.1) is 6.92 Å². The van der Waals surface area contributed by atoms with Crippen LogP contribution in [0.2, 0.25) is 0 Å². The zero-order valence-electron chi connectivity index (χ0n) is 13.4. The second-order valence-electron chi connectivity index (χ2n) is 5.56. The van der Waals surface area contributed by atoms with Crippen LogP contribution in [-0.2, 0) is 6.54 Å². The van der Waals surface area contributed by atoms with E-state index in [2.05, 4.69) is 70.0 Å². The standard InChI is InChI=1S/C18H19N5S/c1-13-6-8-14(9-7-13)11-23-12-15(10-20-22-18(24)21-19)16-4-2-3-5-17(16)23/h2-10,12H,11,19H2,1H3,(H2,21,22,24)/b20-10+. The number of nitrogens with zero attached hydrogens (tertiary/aromatic N) is 2. The van der Waals surface area contributed by atoms with E-state index in [-0.39, 0.29) is 5.11 Å². The van der Waals surface area contributed by atoms with Crippen molar-refractivity contribution in [1.82, 2.24) is 15.4 Å². The Morgan fingerprint density at radius 1 is 1.21 bits per heavy atom. The molecule has 0 saturated heterocycles. The molecule has 0 aliphatic rings. The maximum Gasteiger partial charge on any atom is 0.201 e. The minimum absolute atomic E-state index is 0.273. The Labute approximate surface area is 146 Å². The Morgan fingerprint density at radius 3 is 2.71 bits per heavy atom. The molecule has 1 aromatic heterocycles. The molecule has 122 valence electrons. The Kier molecular flexibility index (Phi) is 4.88. The number of rotatable bonds is 4. The van der Waals surface area contributed by atoms with Gasteiger partial charge in [-0.2, -0.15) is 5.10 Å². The van der Waals surface area contributed by atoms with Crippen LogP contribution in [0.25, 0.3) is 10.9 Å². The van der Waals surface area contributed by atoms with Gasteiger partial charge in [-0.05, 0) is 30.8 Å². The van der Waals surface area contributed by atoms with Crippen molar-refractivity contribution >= 4 is 34.4 Å². The second kappa shape index (κ2) is 7.25. The molecule has 0 aliphatic carbocycles. The van der Waals surface area contributed by atoms with E-state index in [1.54, 1.807) is 6.21 Å². The highest BCUT2D eigenvalue weighted by atomic mass is 32.1. The van der Waals surface area contributed by atoms with E-state index in [9.17, 15) is 0 Å². The first-order chi connectivity index (χ1) is 11.7. The van der Waals surface area contributed by atoms with Crippen LogP contribution in [0.5, 0.6) is 0 Å². The van der Waals surface area contributed by atoms with Crippen LogP contribution in [-0.4, -0.2) is 15.9 Å². The van der Waals surface area contributed by atoms with Gasteiger partial charge in [-0.1, -0.05) is 48.0 Å². The third kappa shape index (κ3) is 3.61. The molecular weight excluding hydrogens is 318 g/mol. The SMILES string of the molecule is Cc1ccc(Cn2cc(/C=N/NC(=S)NN)c3ccccc32)cc1. The van der Waals surface area contributed by atoms with E-state index in [4.69, 9.17) is 18.1 Å². The Hall–Kier alpha value is -2.70. The number of hydrogen-bond donors (Lipinski definition) is 3. The number of nitrogens with one attached hydrogen (secondary N) is 2. The molecule has 0 radical (unpaired) electrons. The number of nitrogens with two attached hydrogens (primary N) is 1. The number of aryl methyl sites for hydroxylation is 1. The molecule has 6 heteroatoms. The first-order valence-electron chi connectivity index (χ1n) is 7.60. The zero-order chi connectivity index (χ0) is 16.9. The summed E-state index contributed by atoms with van der Waals surface area (Å²) in [6.45, 7) is 2.90. The van der Waals surface area contributed by atoms with E-state index in [1.165, 1.54) is 16.6 Å². The van der Waals surface area contributed by atoms with Gasteiger partial charge in [0.1, 0.15) is 0 Å². The lowest BCUT2D eigenvalue weighted by atomic mass is 10.1. The number of aromatic nitrogens is 1. The molecule has 0 bridgehead atoms. The molecule has 0 amide bonds. The molecule has 5 nitrogen and oxygen atoms in total. The Morgan fingerprint density at radius 2 is 1.96 bits per heavy atom. The molecule has 0 spiro atoms. The van der Waals surface area contributed by atoms with Crippen molar-refractivity contribution in [2.75, 3.05) is 0 Å². The van der Waals surface area contributed by atoms with Crippen molar-refractivity contribution in [3.8, 4) is 0 Å². The minimum atomic E-state index is 0.273. The van der Waals surface area contributed by atoms with Gasteiger partial charge in [0.15, 0.2) is 0 Å². The van der Waals surface area contributed by atoms with Gasteiger partial charge in [-0.3, -0.25) is 10.9 Å². The average Bonchev–Trinajstić information content (AvgIpc) is 2.95. The summed E-state index contributed by atoms with van der Waals surface area (Å²) in [6, 6.07) is 16.8. The van der Waals surface area contributed by atoms with Crippen LogP contribution >= 0.6 is 12.2 Å². The molecule has 0 aliphatic heterocycles. The quantitative estimate of drug-likeness (QED) is 0.296. The lowest BCUT2D eigenvalue weighted by molar-refractivity contribution is 0.836. The average molecular weight is 337 g/mol. The first-order valence-corrected chi connectivity index (χ1v) is 8.01. The lowest BCUT2D eigenvalue weighted by Crippen LogP contribution is -2.37. The zero-order valence-corrected chi connectivity index (χ0v) is 14.2. The second-order valence-corrected chi connectivity index (χ2v) is 5.97. The summed E-state index contributed by atoms with van der Waals surface area (Å²) in [5, 5.41) is 5.54. The number of thiocarbonyl (C=S) groups is 1. The van der Waals surface area contributed by atoms with Crippen molar-refractivity contribution in [2.45, 2.75) is 13.5 Å². The molecular formula is C18H19N5S. The number of fused-ring (bicyclic) bond motifs is 1. The van der Waals surface area contributed by atoms with Crippen LogP contribution in [0.3, 0.4) is 0 Å².